The molecule has 1 aliphatic carbocycles. The minimum Gasteiger partial charge on any atom is -0.348 e. The third-order valence-electron chi connectivity index (χ3n) is 4.37. The van der Waals surface area contributed by atoms with Crippen LogP contribution < -0.4 is 4.90 Å². The molecule has 3 aromatic rings. The Hall–Kier alpha value is -3.09. The summed E-state index contributed by atoms with van der Waals surface area (Å²) in [5.74, 6) is 0.259. The first-order chi connectivity index (χ1) is 12.1. The summed E-state index contributed by atoms with van der Waals surface area (Å²) in [5, 5.41) is 11.9. The smallest absolute Gasteiger partial charge is 0.274 e. The van der Waals surface area contributed by atoms with Crippen LogP contribution in [0.4, 0.5) is 15.9 Å². The van der Waals surface area contributed by atoms with Crippen molar-refractivity contribution in [1.82, 2.24) is 9.97 Å². The Morgan fingerprint density at radius 2 is 2.00 bits per heavy atom. The number of anilines is 1. The van der Waals surface area contributed by atoms with Crippen molar-refractivity contribution < 1.29 is 9.31 Å². The van der Waals surface area contributed by atoms with E-state index in [1.807, 2.05) is 4.90 Å². The van der Waals surface area contributed by atoms with Crippen molar-refractivity contribution in [2.45, 2.75) is 25.4 Å². The van der Waals surface area contributed by atoms with Crippen LogP contribution in [0, 0.1) is 15.9 Å². The van der Waals surface area contributed by atoms with E-state index in [0.717, 1.165) is 12.8 Å². The van der Waals surface area contributed by atoms with E-state index in [1.54, 1.807) is 24.3 Å². The summed E-state index contributed by atoms with van der Waals surface area (Å²) < 4.78 is 13.7. The third-order valence-corrected chi connectivity index (χ3v) is 4.37. The Morgan fingerprint density at radius 3 is 2.76 bits per heavy atom. The van der Waals surface area contributed by atoms with Gasteiger partial charge in [-0.15, -0.1) is 0 Å². The lowest BCUT2D eigenvalue weighted by Gasteiger charge is -2.24. The van der Waals surface area contributed by atoms with Gasteiger partial charge in [0.1, 0.15) is 18.0 Å². The molecular weight excluding hydrogens is 323 g/mol. The van der Waals surface area contributed by atoms with Crippen LogP contribution in [-0.4, -0.2) is 20.9 Å². The first kappa shape index (κ1) is 15.4. The fourth-order valence-corrected chi connectivity index (χ4v) is 3.01. The first-order valence-electron chi connectivity index (χ1n) is 8.02. The highest BCUT2D eigenvalue weighted by molar-refractivity contribution is 5.89. The zero-order chi connectivity index (χ0) is 17.4. The maximum Gasteiger partial charge on any atom is 0.274 e. The molecule has 7 heteroatoms. The molecule has 0 spiro atoms. The van der Waals surface area contributed by atoms with Crippen LogP contribution in [0.15, 0.2) is 48.8 Å². The predicted molar refractivity (Wildman–Crippen MR) is 91.8 cm³/mol. The molecule has 1 saturated carbocycles. The standard InChI is InChI=1S/C18H15FN4O2/c19-13-5-8-16-15(9-13)18(21-11-20-16)22(14-6-7-14)10-12-3-1-2-4-17(12)23(24)25/h1-5,8-9,11,14H,6-7,10H2. The van der Waals surface area contributed by atoms with Crippen LogP contribution in [0.2, 0.25) is 0 Å². The highest BCUT2D eigenvalue weighted by Gasteiger charge is 2.32. The van der Waals surface area contributed by atoms with Gasteiger partial charge in [0.15, 0.2) is 0 Å². The summed E-state index contributed by atoms with van der Waals surface area (Å²) in [4.78, 5) is 21.5. The van der Waals surface area contributed by atoms with Crippen LogP contribution in [-0.2, 0) is 6.54 Å². The molecule has 0 unspecified atom stereocenters. The van der Waals surface area contributed by atoms with Gasteiger partial charge in [-0.2, -0.15) is 0 Å². The van der Waals surface area contributed by atoms with Gasteiger partial charge < -0.3 is 4.90 Å². The molecule has 0 atom stereocenters. The van der Waals surface area contributed by atoms with Gasteiger partial charge in [-0.3, -0.25) is 10.1 Å². The molecule has 0 bridgehead atoms. The van der Waals surface area contributed by atoms with Gasteiger partial charge in [0.2, 0.25) is 0 Å². The van der Waals surface area contributed by atoms with Crippen LogP contribution in [0.5, 0.6) is 0 Å². The first-order valence-corrected chi connectivity index (χ1v) is 8.02. The van der Waals surface area contributed by atoms with E-state index >= 15 is 0 Å². The van der Waals surface area contributed by atoms with Gasteiger partial charge in [0.05, 0.1) is 17.0 Å². The number of nitro benzene ring substituents is 1. The monoisotopic (exact) mass is 338 g/mol. The minimum atomic E-state index is -0.377. The second-order valence-electron chi connectivity index (χ2n) is 6.10. The van der Waals surface area contributed by atoms with E-state index in [0.29, 0.717) is 28.8 Å². The Kier molecular flexibility index (Phi) is 3.76. The van der Waals surface area contributed by atoms with Crippen molar-refractivity contribution in [3.63, 3.8) is 0 Å². The number of nitrogens with zero attached hydrogens (tertiary/aromatic N) is 4. The Bertz CT molecular complexity index is 959. The van der Waals surface area contributed by atoms with Crippen LogP contribution in [0.3, 0.4) is 0 Å². The largest absolute Gasteiger partial charge is 0.348 e. The molecule has 0 saturated heterocycles. The number of hydrogen-bond donors (Lipinski definition) is 0. The summed E-state index contributed by atoms with van der Waals surface area (Å²) >= 11 is 0. The fourth-order valence-electron chi connectivity index (χ4n) is 3.01. The highest BCUT2D eigenvalue weighted by Crippen LogP contribution is 2.36. The summed E-state index contributed by atoms with van der Waals surface area (Å²) in [5.41, 5.74) is 1.35. The molecule has 25 heavy (non-hydrogen) atoms. The Labute approximate surface area is 143 Å². The van der Waals surface area contributed by atoms with Gasteiger partial charge in [0.25, 0.3) is 5.69 Å². The number of para-hydroxylation sites is 1. The van der Waals surface area contributed by atoms with Crippen LogP contribution in [0.25, 0.3) is 10.9 Å². The molecule has 126 valence electrons. The number of rotatable bonds is 5. The lowest BCUT2D eigenvalue weighted by Crippen LogP contribution is -2.26. The quantitative estimate of drug-likeness (QED) is 0.522. The van der Waals surface area contributed by atoms with Gasteiger partial charge >= 0.3 is 0 Å². The third kappa shape index (κ3) is 3.00. The fraction of sp³-hybridized carbons (Fsp3) is 0.222. The zero-order valence-corrected chi connectivity index (χ0v) is 13.3. The minimum absolute atomic E-state index is 0.0812. The summed E-state index contributed by atoms with van der Waals surface area (Å²) in [6.07, 6.45) is 3.42. The van der Waals surface area contributed by atoms with Crippen LogP contribution in [0.1, 0.15) is 18.4 Å². The molecular formula is C18H15FN4O2. The Morgan fingerprint density at radius 1 is 1.20 bits per heavy atom. The van der Waals surface area contributed by atoms with E-state index in [9.17, 15) is 14.5 Å². The van der Waals surface area contributed by atoms with Crippen molar-refractivity contribution in [3.05, 3.63) is 70.3 Å². The van der Waals surface area contributed by atoms with Crippen molar-refractivity contribution >= 4 is 22.4 Å². The maximum absolute atomic E-state index is 13.7. The summed E-state index contributed by atoms with van der Waals surface area (Å²) in [6, 6.07) is 11.3. The maximum atomic E-state index is 13.7. The zero-order valence-electron chi connectivity index (χ0n) is 13.3. The molecule has 0 radical (unpaired) electrons. The summed E-state index contributed by atoms with van der Waals surface area (Å²) in [6.45, 7) is 0.352. The van der Waals surface area contributed by atoms with Crippen molar-refractivity contribution in [3.8, 4) is 0 Å². The number of aromatic nitrogens is 2. The van der Waals surface area contributed by atoms with Crippen molar-refractivity contribution in [1.29, 1.82) is 0 Å². The van der Waals surface area contributed by atoms with Gasteiger partial charge in [-0.1, -0.05) is 18.2 Å². The SMILES string of the molecule is O=[N+]([O-])c1ccccc1CN(c1ncnc2ccc(F)cc12)C1CC1. The van der Waals surface area contributed by atoms with E-state index < -0.39 is 0 Å². The molecule has 1 fully saturated rings. The average Bonchev–Trinajstić information content (AvgIpc) is 3.44. The van der Waals surface area contributed by atoms with Gasteiger partial charge in [-0.05, 0) is 31.0 Å². The van der Waals surface area contributed by atoms with E-state index in [2.05, 4.69) is 9.97 Å². The molecule has 0 N–H and O–H groups in total. The van der Waals surface area contributed by atoms with E-state index in [4.69, 9.17) is 0 Å². The molecule has 1 heterocycles. The average molecular weight is 338 g/mol. The molecule has 0 amide bonds. The second kappa shape index (κ2) is 6.08. The topological polar surface area (TPSA) is 72.2 Å². The molecule has 0 aliphatic heterocycles. The number of halogens is 1. The molecule has 2 aromatic carbocycles. The molecule has 6 nitrogen and oxygen atoms in total. The number of benzene rings is 2. The Balaban J connectivity index is 1.79. The van der Waals surface area contributed by atoms with Gasteiger partial charge in [0, 0.05) is 23.1 Å². The lowest BCUT2D eigenvalue weighted by molar-refractivity contribution is -0.385. The van der Waals surface area contributed by atoms with Crippen molar-refractivity contribution in [2.75, 3.05) is 4.90 Å². The van der Waals surface area contributed by atoms with Crippen LogP contribution >= 0.6 is 0 Å². The number of fused-ring (bicyclic) bond motifs is 1. The number of nitro groups is 1. The molecule has 4 rings (SSSR count). The summed E-state index contributed by atoms with van der Waals surface area (Å²) in [7, 11) is 0. The molecule has 1 aromatic heterocycles. The van der Waals surface area contributed by atoms with Crippen molar-refractivity contribution in [2.24, 2.45) is 0 Å². The second-order valence-corrected chi connectivity index (χ2v) is 6.10. The van der Waals surface area contributed by atoms with E-state index in [1.165, 1.54) is 24.5 Å². The van der Waals surface area contributed by atoms with Gasteiger partial charge in [-0.25, -0.2) is 14.4 Å². The molecule has 1 aliphatic rings. The normalized spacial score (nSPS) is 13.8. The highest BCUT2D eigenvalue weighted by atomic mass is 19.1. The number of hydrogen-bond acceptors (Lipinski definition) is 5. The predicted octanol–water partition coefficient (Wildman–Crippen LogP) is 3.85. The van der Waals surface area contributed by atoms with E-state index in [-0.39, 0.29) is 22.5 Å². The lowest BCUT2D eigenvalue weighted by atomic mass is 10.1.